The molecule has 5 rings (SSSR count). The van der Waals surface area contributed by atoms with E-state index in [0.717, 1.165) is 29.8 Å². The quantitative estimate of drug-likeness (QED) is 0.433. The van der Waals surface area contributed by atoms with Gasteiger partial charge in [-0.3, -0.25) is 19.3 Å². The van der Waals surface area contributed by atoms with E-state index in [0.29, 0.717) is 55.1 Å². The number of hydrogen-bond donors (Lipinski definition) is 2. The fourth-order valence-corrected chi connectivity index (χ4v) is 4.52. The Labute approximate surface area is 204 Å². The van der Waals surface area contributed by atoms with Gasteiger partial charge in [0.2, 0.25) is 5.91 Å². The number of rotatable bonds is 7. The van der Waals surface area contributed by atoms with E-state index in [2.05, 4.69) is 15.5 Å². The summed E-state index contributed by atoms with van der Waals surface area (Å²) in [5.41, 5.74) is 5.00. The first-order valence-electron chi connectivity index (χ1n) is 11.8. The minimum Gasteiger partial charge on any atom is -0.379 e. The number of benzene rings is 3. The number of fused-ring (bicyclic) bond motifs is 3. The Balaban J connectivity index is 1.17. The minimum absolute atomic E-state index is 0.0403. The first kappa shape index (κ1) is 23.0. The summed E-state index contributed by atoms with van der Waals surface area (Å²) in [4.78, 5) is 40.1. The standard InChI is InChI=1S/C28H27N3O4/c32-26(10-11-31-12-14-35-15-13-31)30-21-5-3-4-19(16-21)18-29-28(34)20-8-9-23-22-6-1-2-7-24(22)27(33)25(23)17-20/h1-9,16-17H,10-15,18H2,(H,29,34)(H,30,32). The number of carbonyl (C=O) groups excluding carboxylic acids is 3. The molecule has 178 valence electrons. The number of nitrogens with zero attached hydrogens (tertiary/aromatic N) is 1. The summed E-state index contributed by atoms with van der Waals surface area (Å²) >= 11 is 0. The van der Waals surface area contributed by atoms with Crippen molar-refractivity contribution in [3.63, 3.8) is 0 Å². The molecule has 0 atom stereocenters. The molecule has 1 aliphatic heterocycles. The van der Waals surface area contributed by atoms with Crippen LogP contribution in [0.15, 0.2) is 66.7 Å². The van der Waals surface area contributed by atoms with Gasteiger partial charge in [-0.2, -0.15) is 0 Å². The van der Waals surface area contributed by atoms with E-state index < -0.39 is 0 Å². The average molecular weight is 470 g/mol. The van der Waals surface area contributed by atoms with Gasteiger partial charge in [0.1, 0.15) is 0 Å². The summed E-state index contributed by atoms with van der Waals surface area (Å²) in [6.45, 7) is 4.15. The molecule has 35 heavy (non-hydrogen) atoms. The molecule has 3 aromatic carbocycles. The van der Waals surface area contributed by atoms with Crippen LogP contribution in [0.5, 0.6) is 0 Å². The average Bonchev–Trinajstić information content (AvgIpc) is 3.18. The second-order valence-electron chi connectivity index (χ2n) is 8.77. The predicted octanol–water partition coefficient (Wildman–Crippen LogP) is 3.49. The lowest BCUT2D eigenvalue weighted by atomic mass is 10.0. The molecule has 7 nitrogen and oxygen atoms in total. The second-order valence-corrected chi connectivity index (χ2v) is 8.77. The van der Waals surface area contributed by atoms with Crippen molar-refractivity contribution in [3.05, 3.63) is 89.0 Å². The number of amides is 2. The van der Waals surface area contributed by atoms with Crippen LogP contribution < -0.4 is 10.6 Å². The fraction of sp³-hybridized carbons (Fsp3) is 0.250. The van der Waals surface area contributed by atoms with Crippen LogP contribution in [0, 0.1) is 0 Å². The Kier molecular flexibility index (Phi) is 6.70. The zero-order valence-corrected chi connectivity index (χ0v) is 19.4. The topological polar surface area (TPSA) is 87.7 Å². The molecule has 1 saturated heterocycles. The van der Waals surface area contributed by atoms with Crippen LogP contribution in [0.3, 0.4) is 0 Å². The molecular formula is C28H27N3O4. The van der Waals surface area contributed by atoms with E-state index >= 15 is 0 Å². The lowest BCUT2D eigenvalue weighted by Crippen LogP contribution is -2.38. The molecule has 2 aliphatic rings. The van der Waals surface area contributed by atoms with Crippen molar-refractivity contribution in [1.82, 2.24) is 10.2 Å². The summed E-state index contributed by atoms with van der Waals surface area (Å²) in [5, 5.41) is 5.85. The highest BCUT2D eigenvalue weighted by Crippen LogP contribution is 2.36. The number of morpholine rings is 1. The SMILES string of the molecule is O=C(CCN1CCOCC1)Nc1cccc(CNC(=O)c2ccc3c(c2)C(=O)c2ccccc2-3)c1. The highest BCUT2D eigenvalue weighted by atomic mass is 16.5. The molecule has 3 aromatic rings. The molecular weight excluding hydrogens is 442 g/mol. The van der Waals surface area contributed by atoms with Crippen molar-refractivity contribution < 1.29 is 19.1 Å². The third-order valence-electron chi connectivity index (χ3n) is 6.41. The number of carbonyl (C=O) groups is 3. The van der Waals surface area contributed by atoms with Crippen LogP contribution in [0.1, 0.15) is 38.3 Å². The summed E-state index contributed by atoms with van der Waals surface area (Å²) in [7, 11) is 0. The molecule has 7 heteroatoms. The summed E-state index contributed by atoms with van der Waals surface area (Å²) in [6, 6.07) is 20.2. The summed E-state index contributed by atoms with van der Waals surface area (Å²) < 4.78 is 5.33. The maximum absolute atomic E-state index is 12.8. The molecule has 0 radical (unpaired) electrons. The number of ketones is 1. The zero-order valence-electron chi connectivity index (χ0n) is 19.4. The van der Waals surface area contributed by atoms with Gasteiger partial charge >= 0.3 is 0 Å². The van der Waals surface area contributed by atoms with Crippen LogP contribution in [0.25, 0.3) is 11.1 Å². The van der Waals surface area contributed by atoms with Gasteiger partial charge in [0.25, 0.3) is 5.91 Å². The third-order valence-corrected chi connectivity index (χ3v) is 6.41. The van der Waals surface area contributed by atoms with Crippen molar-refractivity contribution in [2.45, 2.75) is 13.0 Å². The maximum Gasteiger partial charge on any atom is 0.251 e. The largest absolute Gasteiger partial charge is 0.379 e. The van der Waals surface area contributed by atoms with Crippen molar-refractivity contribution in [2.75, 3.05) is 38.2 Å². The van der Waals surface area contributed by atoms with E-state index in [1.807, 2.05) is 54.6 Å². The highest BCUT2D eigenvalue weighted by molar-refractivity contribution is 6.22. The molecule has 1 aliphatic carbocycles. The van der Waals surface area contributed by atoms with Gasteiger partial charge in [0, 0.05) is 55.0 Å². The van der Waals surface area contributed by atoms with Gasteiger partial charge < -0.3 is 15.4 Å². The zero-order chi connectivity index (χ0) is 24.2. The number of nitrogens with one attached hydrogen (secondary N) is 2. The van der Waals surface area contributed by atoms with Crippen molar-refractivity contribution in [1.29, 1.82) is 0 Å². The Morgan fingerprint density at radius 2 is 1.63 bits per heavy atom. The van der Waals surface area contributed by atoms with Gasteiger partial charge in [0.15, 0.2) is 5.78 Å². The smallest absolute Gasteiger partial charge is 0.251 e. The van der Waals surface area contributed by atoms with Gasteiger partial charge in [-0.15, -0.1) is 0 Å². The van der Waals surface area contributed by atoms with E-state index in [1.165, 1.54) is 0 Å². The molecule has 1 fully saturated rings. The summed E-state index contributed by atoms with van der Waals surface area (Å²) in [6.07, 6.45) is 0.419. The molecule has 2 N–H and O–H groups in total. The lowest BCUT2D eigenvalue weighted by Gasteiger charge is -2.26. The Hall–Kier alpha value is -3.81. The molecule has 1 heterocycles. The molecule has 0 spiro atoms. The van der Waals surface area contributed by atoms with Crippen molar-refractivity contribution >= 4 is 23.3 Å². The van der Waals surface area contributed by atoms with E-state index in [-0.39, 0.29) is 17.6 Å². The van der Waals surface area contributed by atoms with Crippen LogP contribution in [-0.2, 0) is 16.1 Å². The first-order chi connectivity index (χ1) is 17.1. The van der Waals surface area contributed by atoms with Gasteiger partial charge in [0.05, 0.1) is 13.2 Å². The molecule has 0 bridgehead atoms. The summed E-state index contributed by atoms with van der Waals surface area (Å²) in [5.74, 6) is -0.347. The van der Waals surface area contributed by atoms with Crippen molar-refractivity contribution in [2.24, 2.45) is 0 Å². The molecule has 0 aromatic heterocycles. The monoisotopic (exact) mass is 469 g/mol. The highest BCUT2D eigenvalue weighted by Gasteiger charge is 2.27. The Bertz CT molecular complexity index is 1280. The number of anilines is 1. The molecule has 2 amide bonds. The van der Waals surface area contributed by atoms with Gasteiger partial charge in [-0.25, -0.2) is 0 Å². The van der Waals surface area contributed by atoms with E-state index in [4.69, 9.17) is 4.74 Å². The second kappa shape index (κ2) is 10.2. The van der Waals surface area contributed by atoms with E-state index in [1.54, 1.807) is 12.1 Å². The van der Waals surface area contributed by atoms with Crippen LogP contribution in [0.4, 0.5) is 5.69 Å². The normalized spacial score (nSPS) is 14.8. The first-order valence-corrected chi connectivity index (χ1v) is 11.8. The van der Waals surface area contributed by atoms with Crippen molar-refractivity contribution in [3.8, 4) is 11.1 Å². The lowest BCUT2D eigenvalue weighted by molar-refractivity contribution is -0.116. The van der Waals surface area contributed by atoms with Crippen LogP contribution in [0.2, 0.25) is 0 Å². The minimum atomic E-state index is -0.253. The van der Waals surface area contributed by atoms with Gasteiger partial charge in [-0.05, 0) is 41.0 Å². The molecule has 0 saturated carbocycles. The Morgan fingerprint density at radius 3 is 2.46 bits per heavy atom. The third kappa shape index (κ3) is 5.16. The van der Waals surface area contributed by atoms with Crippen LogP contribution in [-0.4, -0.2) is 55.3 Å². The Morgan fingerprint density at radius 1 is 0.857 bits per heavy atom. The maximum atomic E-state index is 12.8. The van der Waals surface area contributed by atoms with Crippen LogP contribution >= 0.6 is 0 Å². The van der Waals surface area contributed by atoms with E-state index in [9.17, 15) is 14.4 Å². The molecule has 0 unspecified atom stereocenters. The number of ether oxygens (including phenoxy) is 1. The predicted molar refractivity (Wildman–Crippen MR) is 133 cm³/mol. The van der Waals surface area contributed by atoms with Gasteiger partial charge in [-0.1, -0.05) is 42.5 Å². The fourth-order valence-electron chi connectivity index (χ4n) is 4.52. The number of hydrogen-bond acceptors (Lipinski definition) is 5.